The number of nitrogens with zero attached hydrogens (tertiary/aromatic N) is 7. The molecule has 7 rings (SSSR count). The van der Waals surface area contributed by atoms with Gasteiger partial charge < -0.3 is 15.7 Å². The first-order chi connectivity index (χ1) is 31.0. The van der Waals surface area contributed by atoms with Gasteiger partial charge in [0, 0.05) is 151 Å². The number of aromatic nitrogens is 3. The SMILES string of the molecule is Cc1cc(Nc2nc(=NCCO)nc(Nc3ccc(N=Nc4cc(S(=O)(=O)O)c5cccc(S(=O)(=O)O)c5c4)c(C)c3)[nH]2)ccc1N=Nc1cc(S(=O)(=O)O)c2cccc(S(=O)(=O)O)c2c1.[Na].[Na].[Na].[Na]. The molecule has 0 fully saturated rings. The molecule has 1 heterocycles. The van der Waals surface area contributed by atoms with Crippen LogP contribution in [0.3, 0.4) is 0 Å². The number of hydrogen-bond donors (Lipinski definition) is 8. The zero-order valence-corrected chi connectivity index (χ0v) is 49.2. The Hall–Kier alpha value is -2.95. The minimum atomic E-state index is -4.87. The van der Waals surface area contributed by atoms with Crippen molar-refractivity contribution in [3.63, 3.8) is 0 Å². The van der Waals surface area contributed by atoms with Gasteiger partial charge in [0.25, 0.3) is 46.1 Å². The third-order valence-corrected chi connectivity index (χ3v) is 13.0. The molecular weight excluding hydrogens is 1040 g/mol. The Morgan fingerprint density at radius 1 is 0.500 bits per heavy atom. The molecule has 0 unspecified atom stereocenters. The molecule has 8 N–H and O–H groups in total. The number of aromatic amines is 1. The normalized spacial score (nSPS) is 11.9. The Labute approximate surface area is 488 Å². The van der Waals surface area contributed by atoms with Gasteiger partial charge >= 0.3 is 0 Å². The van der Waals surface area contributed by atoms with E-state index in [9.17, 15) is 57.0 Å². The van der Waals surface area contributed by atoms with Crippen molar-refractivity contribution in [1.82, 2.24) is 15.0 Å². The molecule has 346 valence electrons. The average molecular weight is 1070 g/mol. The van der Waals surface area contributed by atoms with Crippen LogP contribution in [-0.2, 0) is 40.5 Å². The Bertz CT molecular complexity index is 3500. The van der Waals surface area contributed by atoms with Crippen LogP contribution in [0.4, 0.5) is 46.0 Å². The van der Waals surface area contributed by atoms with Gasteiger partial charge in [-0.2, -0.15) is 64.1 Å². The standard InChI is InChI=1S/C39H34N10O13S4.4Na/c1-21-15-23(9-11-31(21)48-46-25-17-29-27(35(19-25)65(57,58)59)5-3-7-33(29)63(51,52)53)41-38-43-37(40-13-14-50)44-39(45-38)42-24-10-12-32(22(2)16-24)49-47-26-18-30-28(36(20-26)66(60,61)62)6-4-8-34(30)64(54,55)56;;;;/h3-12,15-20,50H,13-14H2,1-2H3,(H,51,52,53)(H,54,55,56)(H,57,58,59)(H,60,61,62)(H3,40,41,42,43,44,45);;;;. The maximum atomic E-state index is 12.2. The smallest absolute Gasteiger partial charge is 0.295 e. The van der Waals surface area contributed by atoms with E-state index in [1.54, 1.807) is 50.2 Å². The third-order valence-electron chi connectivity index (χ3n) is 9.40. The van der Waals surface area contributed by atoms with Crippen molar-refractivity contribution in [3.05, 3.63) is 114 Å². The second-order valence-electron chi connectivity index (χ2n) is 14.1. The van der Waals surface area contributed by atoms with Crippen LogP contribution in [0, 0.1) is 13.8 Å². The van der Waals surface area contributed by atoms with Gasteiger partial charge in [-0.25, -0.2) is 4.99 Å². The summed E-state index contributed by atoms with van der Waals surface area (Å²) in [5.41, 5.74) is 2.44. The van der Waals surface area contributed by atoms with Crippen LogP contribution in [-0.4, -0.2) is 203 Å². The van der Waals surface area contributed by atoms with E-state index < -0.39 is 60.1 Å². The van der Waals surface area contributed by atoms with Crippen LogP contribution >= 0.6 is 0 Å². The van der Waals surface area contributed by atoms with Gasteiger partial charge in [0.1, 0.15) is 19.6 Å². The van der Waals surface area contributed by atoms with Gasteiger partial charge in [-0.3, -0.25) is 23.2 Å². The molecule has 4 radical (unpaired) electrons. The molecular formula is C39H34N10Na4O13S4. The van der Waals surface area contributed by atoms with Crippen LogP contribution in [0.5, 0.6) is 0 Å². The minimum absolute atomic E-state index is 0. The molecule has 1 aromatic heterocycles. The quantitative estimate of drug-likeness (QED) is 0.0384. The van der Waals surface area contributed by atoms with E-state index in [1.165, 1.54) is 36.4 Å². The van der Waals surface area contributed by atoms with E-state index in [-0.39, 0.29) is 182 Å². The molecule has 70 heavy (non-hydrogen) atoms. The van der Waals surface area contributed by atoms with Gasteiger partial charge in [-0.15, -0.1) is 0 Å². The fourth-order valence-electron chi connectivity index (χ4n) is 6.53. The molecule has 0 saturated heterocycles. The topological polar surface area (TPSA) is 365 Å². The zero-order valence-electron chi connectivity index (χ0n) is 37.9. The summed E-state index contributed by atoms with van der Waals surface area (Å²) in [6.45, 7) is 3.10. The Morgan fingerprint density at radius 3 is 1.23 bits per heavy atom. The first kappa shape index (κ1) is 61.4. The summed E-state index contributed by atoms with van der Waals surface area (Å²) >= 11 is 0. The third kappa shape index (κ3) is 15.1. The van der Waals surface area contributed by atoms with E-state index in [4.69, 9.17) is 0 Å². The second-order valence-corrected chi connectivity index (χ2v) is 19.7. The van der Waals surface area contributed by atoms with E-state index >= 15 is 0 Å². The molecule has 6 aromatic carbocycles. The van der Waals surface area contributed by atoms with Gasteiger partial charge in [-0.05, 0) is 97.8 Å². The summed E-state index contributed by atoms with van der Waals surface area (Å²) in [6, 6.07) is 21.2. The molecule has 0 atom stereocenters. The van der Waals surface area contributed by atoms with Crippen molar-refractivity contribution in [1.29, 1.82) is 0 Å². The maximum absolute atomic E-state index is 12.2. The minimum Gasteiger partial charge on any atom is -0.394 e. The molecule has 0 amide bonds. The van der Waals surface area contributed by atoms with E-state index in [2.05, 4.69) is 51.0 Å². The van der Waals surface area contributed by atoms with Crippen LogP contribution in [0.25, 0.3) is 21.5 Å². The Kier molecular flexibility index (Phi) is 21.8. The molecule has 31 heteroatoms. The summed E-state index contributed by atoms with van der Waals surface area (Å²) in [7, 11) is -19.3. The number of azo groups is 2. The summed E-state index contributed by atoms with van der Waals surface area (Å²) in [5.74, 6) is 0.306. The molecule has 0 aliphatic heterocycles. The van der Waals surface area contributed by atoms with Crippen LogP contribution in [0.2, 0.25) is 0 Å². The molecule has 23 nitrogen and oxygen atoms in total. The van der Waals surface area contributed by atoms with Crippen LogP contribution in [0.1, 0.15) is 11.1 Å². The number of aryl methyl sites for hydroxylation is 2. The predicted octanol–water partition coefficient (Wildman–Crippen LogP) is 5.40. The Balaban J connectivity index is 0.00000324. The molecule has 0 aliphatic rings. The maximum Gasteiger partial charge on any atom is 0.295 e. The van der Waals surface area contributed by atoms with Crippen molar-refractivity contribution in [3.8, 4) is 0 Å². The summed E-state index contributed by atoms with van der Waals surface area (Å²) in [5, 5.41) is 31.4. The largest absolute Gasteiger partial charge is 0.394 e. The molecule has 0 spiro atoms. The Morgan fingerprint density at radius 2 is 0.886 bits per heavy atom. The zero-order chi connectivity index (χ0) is 47.8. The fourth-order valence-corrected chi connectivity index (χ4v) is 9.38. The number of rotatable bonds is 14. The molecule has 0 aliphatic carbocycles. The number of fused-ring (bicyclic) bond motifs is 2. The summed E-state index contributed by atoms with van der Waals surface area (Å²) < 4.78 is 136. The van der Waals surface area contributed by atoms with Crippen molar-refractivity contribution in [2.75, 3.05) is 23.8 Å². The second kappa shape index (κ2) is 24.9. The number of aliphatic hydroxyl groups is 1. The van der Waals surface area contributed by atoms with Crippen molar-refractivity contribution >= 4 is 226 Å². The first-order valence-electron chi connectivity index (χ1n) is 18.7. The number of hydrogen-bond acceptors (Lipinski definition) is 18. The van der Waals surface area contributed by atoms with Crippen LogP contribution in [0.15, 0.2) is 142 Å². The number of anilines is 4. The number of aliphatic hydroxyl groups excluding tert-OH is 1. The molecule has 0 saturated carbocycles. The number of benzene rings is 6. The summed E-state index contributed by atoms with van der Waals surface area (Å²) in [6.07, 6.45) is 0. The van der Waals surface area contributed by atoms with Crippen molar-refractivity contribution in [2.24, 2.45) is 25.4 Å². The molecule has 0 bridgehead atoms. The van der Waals surface area contributed by atoms with Gasteiger partial charge in [-0.1, -0.05) is 24.3 Å². The predicted molar refractivity (Wildman–Crippen MR) is 261 cm³/mol. The van der Waals surface area contributed by atoms with Crippen molar-refractivity contribution < 1.29 is 57.0 Å². The number of H-pyrrole nitrogens is 1. The molecule has 7 aromatic rings. The van der Waals surface area contributed by atoms with E-state index in [0.717, 1.165) is 24.3 Å². The van der Waals surface area contributed by atoms with Gasteiger partial charge in [0.2, 0.25) is 11.9 Å². The van der Waals surface area contributed by atoms with Crippen molar-refractivity contribution in [2.45, 2.75) is 33.4 Å². The number of nitrogens with one attached hydrogen (secondary N) is 3. The van der Waals surface area contributed by atoms with E-state index in [0.29, 0.717) is 33.9 Å². The monoisotopic (exact) mass is 1070 g/mol. The van der Waals surface area contributed by atoms with E-state index in [1.807, 2.05) is 0 Å². The van der Waals surface area contributed by atoms with Crippen LogP contribution < -0.4 is 16.3 Å². The van der Waals surface area contributed by atoms with Gasteiger partial charge in [0.15, 0.2) is 0 Å². The fraction of sp³-hybridized carbons (Fsp3) is 0.103. The van der Waals surface area contributed by atoms with Gasteiger partial charge in [0.05, 0.1) is 35.9 Å². The first-order valence-corrected chi connectivity index (χ1v) is 24.5. The summed E-state index contributed by atoms with van der Waals surface area (Å²) in [4.78, 5) is 13.4. The average Bonchev–Trinajstić information content (AvgIpc) is 3.22.